The fraction of sp³-hybridized carbons (Fsp3) is 0.267. The molecule has 0 saturated carbocycles. The van der Waals surface area contributed by atoms with Crippen LogP contribution in [0.1, 0.15) is 80.8 Å². The largest absolute Gasteiger partial charge is 0.550 e. The molecule has 6 aromatic carbocycles. The van der Waals surface area contributed by atoms with Gasteiger partial charge in [0.05, 0.1) is 42.7 Å². The Morgan fingerprint density at radius 3 is 1.01 bits per heavy atom. The third kappa shape index (κ3) is 22.0. The molecule has 1 unspecified atom stereocenters. The highest BCUT2D eigenvalue weighted by Gasteiger charge is 2.38. The first-order valence-corrected chi connectivity index (χ1v) is 25.4. The number of carboxylic acid groups (broad SMARTS) is 4. The van der Waals surface area contributed by atoms with Crippen molar-refractivity contribution in [1.82, 2.24) is 0 Å². The lowest BCUT2D eigenvalue weighted by atomic mass is 9.95. The number of benzene rings is 6. The summed E-state index contributed by atoms with van der Waals surface area (Å²) >= 11 is 13.8. The van der Waals surface area contributed by atoms with Gasteiger partial charge in [0.2, 0.25) is 0 Å². The van der Waals surface area contributed by atoms with Crippen LogP contribution in [0.4, 0.5) is 0 Å². The number of carbonyl (C=O) groups is 4. The molecule has 0 amide bonds. The number of likely N-dealkylation sites (N-methyl/N-ethyl adjacent to an activating group) is 2. The summed E-state index contributed by atoms with van der Waals surface area (Å²) in [5.41, 5.74) is 5.62. The molecule has 0 radical (unpaired) electrons. The van der Waals surface area contributed by atoms with Gasteiger partial charge in [-0.05, 0) is 92.3 Å². The van der Waals surface area contributed by atoms with Crippen LogP contribution in [-0.2, 0) is 19.2 Å². The van der Waals surface area contributed by atoms with Crippen LogP contribution in [0, 0.1) is 0 Å². The van der Waals surface area contributed by atoms with Crippen molar-refractivity contribution in [2.24, 2.45) is 0 Å². The summed E-state index contributed by atoms with van der Waals surface area (Å²) < 4.78 is 11.9. The topological polar surface area (TPSA) is 202 Å². The number of quaternary nitrogens is 2. The molecule has 0 saturated heterocycles. The van der Waals surface area contributed by atoms with E-state index >= 15 is 0 Å². The molecule has 5 N–H and O–H groups in total. The summed E-state index contributed by atoms with van der Waals surface area (Å²) in [5.74, 6) is -4.64. The highest BCUT2D eigenvalue weighted by molar-refractivity contribution is 6.53. The zero-order chi connectivity index (χ0) is 55.2. The first-order valence-electron chi connectivity index (χ1n) is 24.7. The first-order chi connectivity index (χ1) is 36.0. The van der Waals surface area contributed by atoms with Gasteiger partial charge in [0, 0.05) is 29.5 Å². The van der Waals surface area contributed by atoms with Crippen LogP contribution in [-0.4, -0.2) is 97.3 Å². The quantitative estimate of drug-likeness (QED) is 0.0441. The Labute approximate surface area is 450 Å². The molecule has 0 aliphatic heterocycles. The maximum Gasteiger partial charge on any atom is 0.336 e. The second kappa shape index (κ2) is 33.5. The Kier molecular flexibility index (Phi) is 27.7. The van der Waals surface area contributed by atoms with E-state index in [2.05, 4.69) is 76.2 Å². The van der Waals surface area contributed by atoms with Crippen molar-refractivity contribution in [3.05, 3.63) is 203 Å². The number of hydrogen-bond donors (Lipinski definition) is 5. The molecular weight excluding hydrogens is 996 g/mol. The van der Waals surface area contributed by atoms with Crippen LogP contribution in [0.25, 0.3) is 21.2 Å². The molecule has 0 aliphatic carbocycles. The monoisotopic (exact) mass is 1060 g/mol. The van der Waals surface area contributed by atoms with E-state index < -0.39 is 42.3 Å². The van der Waals surface area contributed by atoms with Crippen LogP contribution in [0.5, 0.6) is 11.5 Å². The Morgan fingerprint density at radius 1 is 0.480 bits per heavy atom. The Bertz CT molecular complexity index is 2520. The fourth-order valence-electron chi connectivity index (χ4n) is 7.48. The summed E-state index contributed by atoms with van der Waals surface area (Å²) in [6.45, 7) is 17.8. The van der Waals surface area contributed by atoms with Crippen LogP contribution >= 0.6 is 23.2 Å². The number of carbonyl (C=O) groups excluding carboxylic acids is 2. The van der Waals surface area contributed by atoms with Crippen molar-refractivity contribution >= 4 is 68.3 Å². The Balaban J connectivity index is 0.000000305. The third-order valence-corrected chi connectivity index (χ3v) is 12.4. The van der Waals surface area contributed by atoms with E-state index in [9.17, 15) is 19.5 Å². The number of carboxylic acids is 4. The Morgan fingerprint density at radius 2 is 0.760 bits per heavy atom. The SMILES string of the molecule is CC(=O)[O-].CC[NH+](CC)CCOc1ccc(/C(=C(/Cl)c2ccccc2)c2ccccc2)cc1.CC[NH+](CC)CCOc1ccc(/C(=C(/Cl)c2ccccc2)c2ccccc2)cc1.O=C([O-])CC(O)(CC(=O)O)C(=O)O. The number of hydrogen-bond acceptors (Lipinski definition) is 9. The van der Waals surface area contributed by atoms with E-state index in [0.717, 1.165) is 125 Å². The lowest BCUT2D eigenvalue weighted by Gasteiger charge is -2.21. The van der Waals surface area contributed by atoms with Gasteiger partial charge < -0.3 is 54.4 Å². The molecule has 6 rings (SSSR count). The molecule has 0 aliphatic rings. The summed E-state index contributed by atoms with van der Waals surface area (Å²) in [7, 11) is 0. The van der Waals surface area contributed by atoms with Crippen LogP contribution < -0.4 is 29.5 Å². The predicted octanol–water partition coefficient (Wildman–Crippen LogP) is 6.46. The number of aliphatic hydroxyl groups is 1. The molecule has 0 fully saturated rings. The molecular formula is C60H68Cl2N2O11. The molecule has 0 bridgehead atoms. The van der Waals surface area contributed by atoms with Crippen molar-refractivity contribution < 1.29 is 64.0 Å². The smallest absolute Gasteiger partial charge is 0.336 e. The van der Waals surface area contributed by atoms with Gasteiger partial charge in [-0.15, -0.1) is 0 Å². The van der Waals surface area contributed by atoms with E-state index in [1.165, 1.54) is 0 Å². The zero-order valence-electron chi connectivity index (χ0n) is 43.1. The number of aliphatic carboxylic acids is 4. The standard InChI is InChI=1S/2C26H28ClNO.C6H8O7.C2H4O2/c2*1-3-28(4-2)19-20-29-24-17-15-22(16-18-24)25(21-11-7-5-8-12-21)26(27)23-13-9-6-10-14-23;7-3(8)1-6(13,5(11)12)2-4(9)10;1-2(3)4/h2*5-18H,3-4,19-20H2,1-2H3;13H,1-2H2,(H,7,8)(H,9,10)(H,11,12);1H3,(H,3,4)/b2*26-25+;;. The predicted molar refractivity (Wildman–Crippen MR) is 292 cm³/mol. The fourth-order valence-corrected chi connectivity index (χ4v) is 8.17. The van der Waals surface area contributed by atoms with E-state index in [0.29, 0.717) is 0 Å². The van der Waals surface area contributed by atoms with Crippen molar-refractivity contribution in [1.29, 1.82) is 0 Å². The average molecular weight is 1060 g/mol. The van der Waals surface area contributed by atoms with Crippen molar-refractivity contribution in [3.63, 3.8) is 0 Å². The average Bonchev–Trinajstić information content (AvgIpc) is 3.40. The van der Waals surface area contributed by atoms with Gasteiger partial charge in [-0.25, -0.2) is 4.79 Å². The molecule has 6 aromatic rings. The van der Waals surface area contributed by atoms with E-state index in [1.54, 1.807) is 9.80 Å². The number of halogens is 2. The van der Waals surface area contributed by atoms with Crippen molar-refractivity contribution in [2.75, 3.05) is 52.5 Å². The van der Waals surface area contributed by atoms with Crippen LogP contribution in [0.15, 0.2) is 170 Å². The van der Waals surface area contributed by atoms with E-state index in [-0.39, 0.29) is 0 Å². The molecule has 15 heteroatoms. The number of rotatable bonds is 23. The van der Waals surface area contributed by atoms with Gasteiger partial charge in [-0.1, -0.05) is 169 Å². The molecule has 0 aromatic heterocycles. The van der Waals surface area contributed by atoms with Crippen molar-refractivity contribution in [2.45, 2.75) is 53.1 Å². The minimum Gasteiger partial charge on any atom is -0.550 e. The highest BCUT2D eigenvalue weighted by atomic mass is 35.5. The molecule has 0 spiro atoms. The minimum atomic E-state index is -2.80. The van der Waals surface area contributed by atoms with Crippen LogP contribution in [0.3, 0.4) is 0 Å². The van der Waals surface area contributed by atoms with Gasteiger partial charge in [0.1, 0.15) is 37.8 Å². The van der Waals surface area contributed by atoms with E-state index in [4.69, 9.17) is 57.9 Å². The summed E-state index contributed by atoms with van der Waals surface area (Å²) in [6, 6.07) is 57.3. The van der Waals surface area contributed by atoms with Gasteiger partial charge in [0.15, 0.2) is 5.60 Å². The second-order valence-electron chi connectivity index (χ2n) is 16.9. The zero-order valence-corrected chi connectivity index (χ0v) is 44.6. The molecule has 13 nitrogen and oxygen atoms in total. The maximum atomic E-state index is 10.3. The summed E-state index contributed by atoms with van der Waals surface area (Å²) in [6.07, 6.45) is -2.44. The molecule has 1 atom stereocenters. The molecule has 398 valence electrons. The number of nitrogens with one attached hydrogen (secondary N) is 2. The Hall–Kier alpha value is -7.26. The minimum absolute atomic E-state index is 0.725. The third-order valence-electron chi connectivity index (χ3n) is 11.6. The van der Waals surface area contributed by atoms with E-state index in [1.807, 2.05) is 121 Å². The van der Waals surface area contributed by atoms with Gasteiger partial charge in [-0.3, -0.25) is 4.79 Å². The lowest BCUT2D eigenvalue weighted by molar-refractivity contribution is -0.896. The van der Waals surface area contributed by atoms with Gasteiger partial charge in [0.25, 0.3) is 0 Å². The van der Waals surface area contributed by atoms with Crippen LogP contribution in [0.2, 0.25) is 0 Å². The molecule has 75 heavy (non-hydrogen) atoms. The normalized spacial score (nSPS) is 12.1. The summed E-state index contributed by atoms with van der Waals surface area (Å²) in [4.78, 5) is 42.3. The molecule has 0 heterocycles. The summed E-state index contributed by atoms with van der Waals surface area (Å²) in [5, 5.41) is 45.9. The van der Waals surface area contributed by atoms with Crippen molar-refractivity contribution in [3.8, 4) is 11.5 Å². The first kappa shape index (κ1) is 62.0. The van der Waals surface area contributed by atoms with Gasteiger partial charge in [-0.2, -0.15) is 0 Å². The maximum absolute atomic E-state index is 10.3. The number of ether oxygens (including phenoxy) is 2. The lowest BCUT2D eigenvalue weighted by Crippen LogP contribution is -3.12. The van der Waals surface area contributed by atoms with Gasteiger partial charge >= 0.3 is 11.9 Å². The highest BCUT2D eigenvalue weighted by Crippen LogP contribution is 2.37. The second-order valence-corrected chi connectivity index (χ2v) is 17.7.